The van der Waals surface area contributed by atoms with E-state index in [1.54, 1.807) is 0 Å². The van der Waals surface area contributed by atoms with Gasteiger partial charge in [-0.3, -0.25) is 14.9 Å². The molecule has 0 amide bonds. The Morgan fingerprint density at radius 2 is 2.39 bits per heavy atom. The van der Waals surface area contributed by atoms with Crippen LogP contribution in [0, 0.1) is 27.4 Å². The molecule has 1 saturated carbocycles. The standard InChI is InChI=1S/C13H19NO4/c1-3-9-4-10-6-13(8-14(16)17,11(10)5-9)7-12(15)18-2/h5,10-11H,3-4,6-8H2,1-2H3/t10-,11-,13-/m1/s1. The van der Waals surface area contributed by atoms with E-state index in [0.717, 1.165) is 19.3 Å². The predicted molar refractivity (Wildman–Crippen MR) is 65.5 cm³/mol. The van der Waals surface area contributed by atoms with Crippen molar-refractivity contribution in [1.82, 2.24) is 0 Å². The lowest BCUT2D eigenvalue weighted by Gasteiger charge is -2.49. The summed E-state index contributed by atoms with van der Waals surface area (Å²) < 4.78 is 4.68. The highest BCUT2D eigenvalue weighted by atomic mass is 16.6. The first-order chi connectivity index (χ1) is 8.50. The largest absolute Gasteiger partial charge is 0.469 e. The number of nitrogens with zero attached hydrogens (tertiary/aromatic N) is 1. The van der Waals surface area contributed by atoms with Gasteiger partial charge in [0.05, 0.1) is 18.9 Å². The molecule has 0 spiro atoms. The smallest absolute Gasteiger partial charge is 0.306 e. The Kier molecular flexibility index (Phi) is 3.41. The minimum absolute atomic E-state index is 0.128. The summed E-state index contributed by atoms with van der Waals surface area (Å²) in [5.74, 6) is 0.357. The topological polar surface area (TPSA) is 69.4 Å². The first kappa shape index (κ1) is 13.1. The summed E-state index contributed by atoms with van der Waals surface area (Å²) in [5.41, 5.74) is 0.873. The van der Waals surface area contributed by atoms with Gasteiger partial charge in [-0.2, -0.15) is 0 Å². The molecule has 0 unspecified atom stereocenters. The number of esters is 1. The van der Waals surface area contributed by atoms with Crippen LogP contribution in [0.3, 0.4) is 0 Å². The van der Waals surface area contributed by atoms with Crippen molar-refractivity contribution in [3.8, 4) is 0 Å². The summed E-state index contributed by atoms with van der Waals surface area (Å²) in [6.07, 6.45) is 5.15. The molecular weight excluding hydrogens is 234 g/mol. The number of hydrogen-bond acceptors (Lipinski definition) is 4. The maximum atomic E-state index is 11.5. The van der Waals surface area contributed by atoms with Gasteiger partial charge in [0.2, 0.25) is 6.54 Å². The average molecular weight is 253 g/mol. The molecule has 0 aromatic heterocycles. The van der Waals surface area contributed by atoms with Gasteiger partial charge in [-0.1, -0.05) is 18.6 Å². The van der Waals surface area contributed by atoms with Crippen molar-refractivity contribution in [1.29, 1.82) is 0 Å². The quantitative estimate of drug-likeness (QED) is 0.326. The molecule has 0 aliphatic heterocycles. The van der Waals surface area contributed by atoms with Crippen molar-refractivity contribution >= 4 is 5.97 Å². The van der Waals surface area contributed by atoms with Gasteiger partial charge in [0.15, 0.2) is 0 Å². The normalized spacial score (nSPS) is 33.3. The fraction of sp³-hybridized carbons (Fsp3) is 0.769. The first-order valence-corrected chi connectivity index (χ1v) is 6.39. The fourth-order valence-electron chi connectivity index (χ4n) is 3.59. The van der Waals surface area contributed by atoms with Gasteiger partial charge in [0.1, 0.15) is 0 Å². The summed E-state index contributed by atoms with van der Waals surface area (Å²) in [4.78, 5) is 22.0. The van der Waals surface area contributed by atoms with Crippen LogP contribution >= 0.6 is 0 Å². The molecule has 2 rings (SSSR count). The lowest BCUT2D eigenvalue weighted by Crippen LogP contribution is -2.51. The molecule has 1 fully saturated rings. The van der Waals surface area contributed by atoms with E-state index in [-0.39, 0.29) is 29.8 Å². The second kappa shape index (κ2) is 4.71. The van der Waals surface area contributed by atoms with E-state index in [1.165, 1.54) is 12.7 Å². The predicted octanol–water partition coefficient (Wildman–Crippen LogP) is 2.19. The van der Waals surface area contributed by atoms with E-state index in [9.17, 15) is 14.9 Å². The Labute approximate surface area is 106 Å². The molecule has 0 radical (unpaired) electrons. The Bertz CT molecular complexity index is 404. The number of nitro groups is 1. The maximum Gasteiger partial charge on any atom is 0.306 e. The highest BCUT2D eigenvalue weighted by molar-refractivity contribution is 5.70. The van der Waals surface area contributed by atoms with Crippen LogP contribution in [0.25, 0.3) is 0 Å². The monoisotopic (exact) mass is 253 g/mol. The van der Waals surface area contributed by atoms with Crippen LogP contribution in [0.5, 0.6) is 0 Å². The zero-order chi connectivity index (χ0) is 13.3. The van der Waals surface area contributed by atoms with Gasteiger partial charge in [-0.25, -0.2) is 0 Å². The molecular formula is C13H19NO4. The molecule has 3 atom stereocenters. The van der Waals surface area contributed by atoms with Crippen molar-refractivity contribution in [2.75, 3.05) is 13.7 Å². The van der Waals surface area contributed by atoms with E-state index in [1.807, 2.05) is 0 Å². The van der Waals surface area contributed by atoms with Crippen LogP contribution in [-0.4, -0.2) is 24.5 Å². The van der Waals surface area contributed by atoms with E-state index in [0.29, 0.717) is 5.92 Å². The molecule has 0 heterocycles. The van der Waals surface area contributed by atoms with E-state index < -0.39 is 5.41 Å². The van der Waals surface area contributed by atoms with Crippen LogP contribution in [-0.2, 0) is 9.53 Å². The van der Waals surface area contributed by atoms with Crippen molar-refractivity contribution in [2.24, 2.45) is 17.3 Å². The average Bonchev–Trinajstić information content (AvgIpc) is 2.65. The summed E-state index contributed by atoms with van der Waals surface area (Å²) in [6, 6.07) is 0. The molecule has 0 N–H and O–H groups in total. The lowest BCUT2D eigenvalue weighted by molar-refractivity contribution is -0.505. The number of rotatable bonds is 5. The number of carbonyl (C=O) groups excluding carboxylic acids is 1. The zero-order valence-corrected chi connectivity index (χ0v) is 10.8. The Balaban J connectivity index is 2.15. The van der Waals surface area contributed by atoms with Crippen LogP contribution in [0.4, 0.5) is 0 Å². The summed E-state index contributed by atoms with van der Waals surface area (Å²) in [5, 5.41) is 10.8. The van der Waals surface area contributed by atoms with Gasteiger partial charge in [-0.05, 0) is 31.1 Å². The molecule has 5 nitrogen and oxygen atoms in total. The Morgan fingerprint density at radius 1 is 1.67 bits per heavy atom. The van der Waals surface area contributed by atoms with Crippen LogP contribution < -0.4 is 0 Å². The molecule has 18 heavy (non-hydrogen) atoms. The minimum atomic E-state index is -0.502. The second-order valence-electron chi connectivity index (χ2n) is 5.48. The third kappa shape index (κ3) is 2.13. The highest BCUT2D eigenvalue weighted by Crippen LogP contribution is 2.60. The van der Waals surface area contributed by atoms with Gasteiger partial charge in [0.25, 0.3) is 0 Å². The lowest BCUT2D eigenvalue weighted by atomic mass is 9.53. The number of methoxy groups -OCH3 is 1. The van der Waals surface area contributed by atoms with E-state index in [4.69, 9.17) is 0 Å². The van der Waals surface area contributed by atoms with Crippen LogP contribution in [0.2, 0.25) is 0 Å². The number of carbonyl (C=O) groups is 1. The number of ether oxygens (including phenoxy) is 1. The van der Waals surface area contributed by atoms with Crippen molar-refractivity contribution < 1.29 is 14.5 Å². The summed E-state index contributed by atoms with van der Waals surface area (Å²) >= 11 is 0. The SMILES string of the molecule is CCC1=C[C@@H]2[C@H](C1)C[C@@]2(CC(=O)OC)C[N+](=O)[O-]. The molecule has 5 heteroatoms. The molecule has 100 valence electrons. The van der Waals surface area contributed by atoms with Crippen LogP contribution in [0.1, 0.15) is 32.6 Å². The third-order valence-corrected chi connectivity index (χ3v) is 4.45. The summed E-state index contributed by atoms with van der Waals surface area (Å²) in [7, 11) is 1.33. The Hall–Kier alpha value is -1.39. The molecule has 0 saturated heterocycles. The van der Waals surface area contributed by atoms with Gasteiger partial charge in [0, 0.05) is 4.92 Å². The van der Waals surface area contributed by atoms with Gasteiger partial charge >= 0.3 is 5.97 Å². The first-order valence-electron chi connectivity index (χ1n) is 6.39. The second-order valence-corrected chi connectivity index (χ2v) is 5.48. The molecule has 2 aliphatic carbocycles. The van der Waals surface area contributed by atoms with E-state index in [2.05, 4.69) is 17.7 Å². The summed E-state index contributed by atoms with van der Waals surface area (Å²) in [6.45, 7) is 1.98. The minimum Gasteiger partial charge on any atom is -0.469 e. The molecule has 0 aromatic rings. The van der Waals surface area contributed by atoms with Crippen LogP contribution in [0.15, 0.2) is 11.6 Å². The van der Waals surface area contributed by atoms with Crippen molar-refractivity contribution in [3.05, 3.63) is 21.8 Å². The van der Waals surface area contributed by atoms with Gasteiger partial charge < -0.3 is 4.74 Å². The van der Waals surface area contributed by atoms with Gasteiger partial charge in [-0.15, -0.1) is 0 Å². The Morgan fingerprint density at radius 3 is 2.94 bits per heavy atom. The van der Waals surface area contributed by atoms with E-state index >= 15 is 0 Å². The third-order valence-electron chi connectivity index (χ3n) is 4.45. The molecule has 2 aliphatic rings. The maximum absolute atomic E-state index is 11.5. The number of hydrogen-bond donors (Lipinski definition) is 0. The number of fused-ring (bicyclic) bond motifs is 1. The highest BCUT2D eigenvalue weighted by Gasteiger charge is 2.58. The molecule has 0 aromatic carbocycles. The fourth-order valence-corrected chi connectivity index (χ4v) is 3.59. The van der Waals surface area contributed by atoms with Crippen molar-refractivity contribution in [2.45, 2.75) is 32.6 Å². The molecule has 0 bridgehead atoms. The zero-order valence-electron chi connectivity index (χ0n) is 10.8. The number of allylic oxidation sites excluding steroid dienone is 2. The van der Waals surface area contributed by atoms with Crippen molar-refractivity contribution in [3.63, 3.8) is 0 Å².